The average Bonchev–Trinajstić information content (AvgIpc) is 3.25. The number of rotatable bonds is 7. The molecule has 3 rings (SSSR count). The number of nitrogens with one attached hydrogen (secondary N) is 1. The van der Waals surface area contributed by atoms with Crippen molar-refractivity contribution >= 4 is 23.1 Å². The standard InChI is InChI=1S/C21H19N3O5/c1-22-18-10-9-14(12-19(18)24(27)28)20(25)16-7-3-4-8-17(16)21(26)23(2)13-15-6-5-11-29-15/h3-12,22H,13H2,1-2H3. The molecule has 1 heterocycles. The minimum Gasteiger partial charge on any atom is -0.467 e. The van der Waals surface area contributed by atoms with E-state index in [4.69, 9.17) is 4.42 Å². The topological polar surface area (TPSA) is 106 Å². The minimum absolute atomic E-state index is 0.129. The molecule has 0 aliphatic rings. The molecular formula is C21H19N3O5. The zero-order chi connectivity index (χ0) is 21.0. The first-order chi connectivity index (χ1) is 13.9. The summed E-state index contributed by atoms with van der Waals surface area (Å²) in [5, 5.41) is 14.0. The molecule has 2 aromatic carbocycles. The Hall–Kier alpha value is -3.94. The zero-order valence-electron chi connectivity index (χ0n) is 15.9. The number of furan rings is 1. The number of anilines is 1. The maximum Gasteiger partial charge on any atom is 0.293 e. The highest BCUT2D eigenvalue weighted by Crippen LogP contribution is 2.27. The van der Waals surface area contributed by atoms with Crippen molar-refractivity contribution < 1.29 is 18.9 Å². The Balaban J connectivity index is 1.94. The van der Waals surface area contributed by atoms with Crippen LogP contribution in [0.2, 0.25) is 0 Å². The van der Waals surface area contributed by atoms with Gasteiger partial charge >= 0.3 is 0 Å². The van der Waals surface area contributed by atoms with Crippen LogP contribution in [0.1, 0.15) is 32.0 Å². The molecule has 1 amide bonds. The summed E-state index contributed by atoms with van der Waals surface area (Å²) in [6, 6.07) is 14.1. The van der Waals surface area contributed by atoms with E-state index in [1.807, 2.05) is 0 Å². The maximum absolute atomic E-state index is 13.1. The van der Waals surface area contributed by atoms with Crippen LogP contribution in [0.15, 0.2) is 65.3 Å². The highest BCUT2D eigenvalue weighted by Gasteiger charge is 2.23. The average molecular weight is 393 g/mol. The van der Waals surface area contributed by atoms with Gasteiger partial charge in [0.05, 0.1) is 23.3 Å². The van der Waals surface area contributed by atoms with Gasteiger partial charge in [-0.15, -0.1) is 0 Å². The molecule has 29 heavy (non-hydrogen) atoms. The number of carbonyl (C=O) groups excluding carboxylic acids is 2. The van der Waals surface area contributed by atoms with Gasteiger partial charge in [0.15, 0.2) is 5.78 Å². The molecule has 0 fully saturated rings. The third-order valence-electron chi connectivity index (χ3n) is 4.45. The molecular weight excluding hydrogens is 374 g/mol. The Morgan fingerprint density at radius 1 is 1.10 bits per heavy atom. The van der Waals surface area contributed by atoms with E-state index in [1.54, 1.807) is 44.4 Å². The molecule has 0 saturated carbocycles. The number of nitro groups is 1. The molecule has 8 heteroatoms. The van der Waals surface area contributed by atoms with Crippen LogP contribution in [-0.2, 0) is 6.54 Å². The van der Waals surface area contributed by atoms with Crippen LogP contribution in [0.25, 0.3) is 0 Å². The molecule has 0 unspecified atom stereocenters. The fourth-order valence-electron chi connectivity index (χ4n) is 2.97. The van der Waals surface area contributed by atoms with Gasteiger partial charge in [-0.05, 0) is 30.3 Å². The van der Waals surface area contributed by atoms with Crippen LogP contribution >= 0.6 is 0 Å². The Bertz CT molecular complexity index is 1060. The number of nitro benzene ring substituents is 1. The molecule has 0 aliphatic carbocycles. The first kappa shape index (κ1) is 19.8. The lowest BCUT2D eigenvalue weighted by molar-refractivity contribution is -0.384. The largest absolute Gasteiger partial charge is 0.467 e. The second-order valence-corrected chi connectivity index (χ2v) is 6.35. The molecule has 1 N–H and O–H groups in total. The molecule has 0 aliphatic heterocycles. The third-order valence-corrected chi connectivity index (χ3v) is 4.45. The summed E-state index contributed by atoms with van der Waals surface area (Å²) in [5.41, 5.74) is 0.609. The predicted octanol–water partition coefficient (Wildman–Crippen LogP) is 3.73. The van der Waals surface area contributed by atoms with E-state index in [0.717, 1.165) is 0 Å². The number of ketones is 1. The molecule has 148 valence electrons. The quantitative estimate of drug-likeness (QED) is 0.372. The molecule has 0 atom stereocenters. The second kappa shape index (κ2) is 8.39. The summed E-state index contributed by atoms with van der Waals surface area (Å²) in [5.74, 6) is -0.208. The lowest BCUT2D eigenvalue weighted by atomic mass is 9.97. The smallest absolute Gasteiger partial charge is 0.293 e. The van der Waals surface area contributed by atoms with Crippen LogP contribution in [0.3, 0.4) is 0 Å². The lowest BCUT2D eigenvalue weighted by Gasteiger charge is -2.17. The Labute approximate surface area is 166 Å². The van der Waals surface area contributed by atoms with E-state index >= 15 is 0 Å². The molecule has 0 saturated heterocycles. The third kappa shape index (κ3) is 4.16. The van der Waals surface area contributed by atoms with Crippen LogP contribution in [0.4, 0.5) is 11.4 Å². The van der Waals surface area contributed by atoms with E-state index in [1.165, 1.54) is 35.4 Å². The Morgan fingerprint density at radius 3 is 2.45 bits per heavy atom. The monoisotopic (exact) mass is 393 g/mol. The summed E-state index contributed by atoms with van der Waals surface area (Å²) >= 11 is 0. The summed E-state index contributed by atoms with van der Waals surface area (Å²) in [6.45, 7) is 0.247. The SMILES string of the molecule is CNc1ccc(C(=O)c2ccccc2C(=O)N(C)Cc2ccco2)cc1[N+](=O)[O-]. The van der Waals surface area contributed by atoms with E-state index in [-0.39, 0.29) is 34.8 Å². The van der Waals surface area contributed by atoms with Gasteiger partial charge in [-0.2, -0.15) is 0 Å². The number of carbonyl (C=O) groups is 2. The molecule has 0 bridgehead atoms. The van der Waals surface area contributed by atoms with Gasteiger partial charge in [0.25, 0.3) is 11.6 Å². The van der Waals surface area contributed by atoms with Gasteiger partial charge in [0.1, 0.15) is 11.4 Å². The summed E-state index contributed by atoms with van der Waals surface area (Å²) in [7, 11) is 3.17. The van der Waals surface area contributed by atoms with Crippen LogP contribution in [0.5, 0.6) is 0 Å². The first-order valence-corrected chi connectivity index (χ1v) is 8.80. The van der Waals surface area contributed by atoms with E-state index in [9.17, 15) is 19.7 Å². The molecule has 8 nitrogen and oxygen atoms in total. The molecule has 3 aromatic rings. The number of amides is 1. The first-order valence-electron chi connectivity index (χ1n) is 8.80. The minimum atomic E-state index is -0.559. The predicted molar refractivity (Wildman–Crippen MR) is 107 cm³/mol. The van der Waals surface area contributed by atoms with Crippen molar-refractivity contribution in [2.75, 3.05) is 19.4 Å². The fraction of sp³-hybridized carbons (Fsp3) is 0.143. The lowest BCUT2D eigenvalue weighted by Crippen LogP contribution is -2.27. The van der Waals surface area contributed by atoms with Crippen molar-refractivity contribution in [2.45, 2.75) is 6.54 Å². The number of hydrogen-bond donors (Lipinski definition) is 1. The maximum atomic E-state index is 13.1. The summed E-state index contributed by atoms with van der Waals surface area (Å²) in [6.07, 6.45) is 1.52. The zero-order valence-corrected chi connectivity index (χ0v) is 15.9. The van der Waals surface area contributed by atoms with Crippen LogP contribution in [0, 0.1) is 10.1 Å². The normalized spacial score (nSPS) is 10.4. The van der Waals surface area contributed by atoms with Crippen molar-refractivity contribution in [3.63, 3.8) is 0 Å². The van der Waals surface area contributed by atoms with Crippen molar-refractivity contribution in [1.29, 1.82) is 0 Å². The van der Waals surface area contributed by atoms with Gasteiger partial charge in [-0.1, -0.05) is 18.2 Å². The molecule has 0 spiro atoms. The van der Waals surface area contributed by atoms with Gasteiger partial charge in [-0.3, -0.25) is 19.7 Å². The van der Waals surface area contributed by atoms with Gasteiger partial charge in [0, 0.05) is 31.3 Å². The van der Waals surface area contributed by atoms with Crippen molar-refractivity contribution in [3.8, 4) is 0 Å². The van der Waals surface area contributed by atoms with Gasteiger partial charge in [-0.25, -0.2) is 0 Å². The Morgan fingerprint density at radius 2 is 1.83 bits per heavy atom. The highest BCUT2D eigenvalue weighted by molar-refractivity contribution is 6.15. The van der Waals surface area contributed by atoms with Gasteiger partial charge < -0.3 is 14.6 Å². The number of nitrogens with zero attached hydrogens (tertiary/aromatic N) is 2. The van der Waals surface area contributed by atoms with Crippen LogP contribution < -0.4 is 5.32 Å². The second-order valence-electron chi connectivity index (χ2n) is 6.35. The van der Waals surface area contributed by atoms with Crippen LogP contribution in [-0.4, -0.2) is 35.6 Å². The van der Waals surface area contributed by atoms with E-state index < -0.39 is 10.7 Å². The fourth-order valence-corrected chi connectivity index (χ4v) is 2.97. The Kier molecular flexibility index (Phi) is 5.73. The number of hydrogen-bond acceptors (Lipinski definition) is 6. The number of benzene rings is 2. The molecule has 0 radical (unpaired) electrons. The summed E-state index contributed by atoms with van der Waals surface area (Å²) < 4.78 is 5.26. The van der Waals surface area contributed by atoms with Crippen molar-refractivity contribution in [2.24, 2.45) is 0 Å². The van der Waals surface area contributed by atoms with Crippen molar-refractivity contribution in [1.82, 2.24) is 4.90 Å². The van der Waals surface area contributed by atoms with E-state index in [2.05, 4.69) is 5.32 Å². The molecule has 1 aromatic heterocycles. The van der Waals surface area contributed by atoms with Crippen molar-refractivity contribution in [3.05, 3.63) is 93.4 Å². The van der Waals surface area contributed by atoms with E-state index in [0.29, 0.717) is 11.4 Å². The summed E-state index contributed by atoms with van der Waals surface area (Å²) in [4.78, 5) is 38.1. The van der Waals surface area contributed by atoms with Gasteiger partial charge in [0.2, 0.25) is 0 Å². The highest BCUT2D eigenvalue weighted by atomic mass is 16.6.